The molecule has 16 heavy (non-hydrogen) atoms. The third-order valence-corrected chi connectivity index (χ3v) is 4.98. The van der Waals surface area contributed by atoms with Crippen molar-refractivity contribution in [3.63, 3.8) is 0 Å². The minimum atomic E-state index is 0.379. The second-order valence-electron chi connectivity index (χ2n) is 4.17. The maximum Gasteiger partial charge on any atom is 0.0925 e. The third kappa shape index (κ3) is 3.25. The van der Waals surface area contributed by atoms with Crippen molar-refractivity contribution in [3.8, 4) is 0 Å². The first kappa shape index (κ1) is 13.6. The zero-order valence-corrected chi connectivity index (χ0v) is 11.6. The molecule has 0 radical (unpaired) electrons. The highest BCUT2D eigenvalue weighted by molar-refractivity contribution is 8.00. The summed E-state index contributed by atoms with van der Waals surface area (Å²) < 4.78 is 0.379. The summed E-state index contributed by atoms with van der Waals surface area (Å²) >= 11 is 1.97. The Morgan fingerprint density at radius 1 is 1.44 bits per heavy atom. The molecule has 0 saturated carbocycles. The molecule has 1 heterocycles. The maximum atomic E-state index is 4.29. The predicted octanol–water partition coefficient (Wildman–Crippen LogP) is 2.73. The molecular weight excluding hydrogens is 218 g/mol. The Balaban J connectivity index is 2.42. The first-order valence-corrected chi connectivity index (χ1v) is 7.14. The van der Waals surface area contributed by atoms with Crippen LogP contribution in [-0.2, 0) is 6.54 Å². The number of thioether (sulfide) groups is 1. The van der Waals surface area contributed by atoms with Gasteiger partial charge in [0.05, 0.1) is 12.0 Å². The van der Waals surface area contributed by atoms with E-state index in [-0.39, 0.29) is 0 Å². The van der Waals surface area contributed by atoms with E-state index in [0.717, 1.165) is 24.5 Å². The van der Waals surface area contributed by atoms with Crippen molar-refractivity contribution in [3.05, 3.63) is 17.7 Å². The van der Waals surface area contributed by atoms with Crippen LogP contribution in [0.3, 0.4) is 0 Å². The van der Waals surface area contributed by atoms with Gasteiger partial charge >= 0.3 is 0 Å². The minimum Gasteiger partial charge on any atom is -0.348 e. The fourth-order valence-electron chi connectivity index (χ4n) is 1.83. The number of hydrogen-bond donors (Lipinski definition) is 2. The van der Waals surface area contributed by atoms with Crippen LogP contribution in [0.1, 0.15) is 38.1 Å². The molecule has 0 aromatic carbocycles. The second-order valence-corrected chi connectivity index (χ2v) is 5.45. The van der Waals surface area contributed by atoms with Gasteiger partial charge < -0.3 is 10.3 Å². The Bertz CT molecular complexity index is 297. The van der Waals surface area contributed by atoms with Crippen LogP contribution in [0.15, 0.2) is 6.33 Å². The number of aromatic nitrogens is 2. The van der Waals surface area contributed by atoms with E-state index < -0.39 is 0 Å². The first-order valence-electron chi connectivity index (χ1n) is 5.92. The van der Waals surface area contributed by atoms with Gasteiger partial charge in [0, 0.05) is 23.5 Å². The van der Waals surface area contributed by atoms with E-state index in [0.29, 0.717) is 4.75 Å². The summed E-state index contributed by atoms with van der Waals surface area (Å²) in [6.07, 6.45) is 6.37. The molecule has 0 atom stereocenters. The average Bonchev–Trinajstić information content (AvgIpc) is 2.71. The zero-order chi connectivity index (χ0) is 12.0. The van der Waals surface area contributed by atoms with Gasteiger partial charge in [-0.2, -0.15) is 11.8 Å². The van der Waals surface area contributed by atoms with Gasteiger partial charge in [-0.25, -0.2) is 4.98 Å². The molecule has 0 saturated heterocycles. The van der Waals surface area contributed by atoms with Crippen molar-refractivity contribution >= 4 is 11.8 Å². The van der Waals surface area contributed by atoms with E-state index in [1.807, 2.05) is 11.8 Å². The number of aryl methyl sites for hydroxylation is 1. The molecule has 0 bridgehead atoms. The molecule has 0 unspecified atom stereocenters. The van der Waals surface area contributed by atoms with Gasteiger partial charge in [0.15, 0.2) is 0 Å². The average molecular weight is 241 g/mol. The van der Waals surface area contributed by atoms with Crippen molar-refractivity contribution in [2.75, 3.05) is 12.8 Å². The number of rotatable bonds is 7. The molecule has 0 spiro atoms. The summed E-state index contributed by atoms with van der Waals surface area (Å²) in [6, 6.07) is 0. The van der Waals surface area contributed by atoms with Crippen LogP contribution in [0.5, 0.6) is 0 Å². The molecule has 2 N–H and O–H groups in total. The van der Waals surface area contributed by atoms with Gasteiger partial charge in [-0.15, -0.1) is 0 Å². The largest absolute Gasteiger partial charge is 0.348 e. The van der Waals surface area contributed by atoms with E-state index in [1.165, 1.54) is 12.8 Å². The summed E-state index contributed by atoms with van der Waals surface area (Å²) in [4.78, 5) is 7.39. The minimum absolute atomic E-state index is 0.379. The smallest absolute Gasteiger partial charge is 0.0925 e. The van der Waals surface area contributed by atoms with E-state index in [4.69, 9.17) is 0 Å². The molecule has 4 heteroatoms. The zero-order valence-electron chi connectivity index (χ0n) is 10.8. The van der Waals surface area contributed by atoms with Crippen LogP contribution in [0.25, 0.3) is 0 Å². The van der Waals surface area contributed by atoms with Crippen LogP contribution in [0, 0.1) is 6.92 Å². The monoisotopic (exact) mass is 241 g/mol. The number of aromatic amines is 1. The van der Waals surface area contributed by atoms with Gasteiger partial charge in [-0.3, -0.25) is 0 Å². The highest BCUT2D eigenvalue weighted by Crippen LogP contribution is 2.29. The van der Waals surface area contributed by atoms with Crippen molar-refractivity contribution in [2.24, 2.45) is 0 Å². The lowest BCUT2D eigenvalue weighted by Crippen LogP contribution is -2.36. The second kappa shape index (κ2) is 6.30. The molecule has 0 aliphatic carbocycles. The lowest BCUT2D eigenvalue weighted by Gasteiger charge is -2.29. The topological polar surface area (TPSA) is 40.7 Å². The molecule has 3 nitrogen and oxygen atoms in total. The lowest BCUT2D eigenvalue weighted by atomic mass is 10.0. The van der Waals surface area contributed by atoms with Gasteiger partial charge in [-0.1, -0.05) is 13.8 Å². The number of imidazole rings is 1. The molecule has 1 rings (SSSR count). The first-order chi connectivity index (χ1) is 7.67. The number of hydrogen-bond acceptors (Lipinski definition) is 3. The van der Waals surface area contributed by atoms with E-state index in [1.54, 1.807) is 6.33 Å². The predicted molar refractivity (Wildman–Crippen MR) is 71.9 cm³/mol. The fraction of sp³-hybridized carbons (Fsp3) is 0.750. The quantitative estimate of drug-likeness (QED) is 0.771. The molecule has 0 aliphatic rings. The van der Waals surface area contributed by atoms with Gasteiger partial charge in [0.25, 0.3) is 0 Å². The van der Waals surface area contributed by atoms with Crippen LogP contribution in [0.4, 0.5) is 0 Å². The Labute approximate surface area is 103 Å². The van der Waals surface area contributed by atoms with Crippen LogP contribution in [0.2, 0.25) is 0 Å². The van der Waals surface area contributed by atoms with Gasteiger partial charge in [0.2, 0.25) is 0 Å². The van der Waals surface area contributed by atoms with Crippen molar-refractivity contribution < 1.29 is 0 Å². The SMILES string of the molecule is CCC(CC)(CNCc1nc[nH]c1C)SC. The summed E-state index contributed by atoms with van der Waals surface area (Å²) in [6.45, 7) is 8.50. The molecule has 0 fully saturated rings. The van der Waals surface area contributed by atoms with Gasteiger partial charge in [0.1, 0.15) is 0 Å². The van der Waals surface area contributed by atoms with Gasteiger partial charge in [-0.05, 0) is 26.0 Å². The Kier molecular flexibility index (Phi) is 5.35. The fourth-order valence-corrected chi connectivity index (χ4v) is 2.66. The van der Waals surface area contributed by atoms with E-state index in [9.17, 15) is 0 Å². The number of nitrogens with zero attached hydrogens (tertiary/aromatic N) is 1. The molecule has 92 valence electrons. The Hall–Kier alpha value is -0.480. The lowest BCUT2D eigenvalue weighted by molar-refractivity contribution is 0.492. The highest BCUT2D eigenvalue weighted by Gasteiger charge is 2.24. The number of H-pyrrole nitrogens is 1. The molecule has 0 amide bonds. The van der Waals surface area contributed by atoms with Crippen LogP contribution < -0.4 is 5.32 Å². The normalized spacial score (nSPS) is 12.0. The molecular formula is C12H23N3S. The van der Waals surface area contributed by atoms with Crippen LogP contribution >= 0.6 is 11.8 Å². The number of nitrogens with one attached hydrogen (secondary N) is 2. The molecule has 0 aliphatic heterocycles. The van der Waals surface area contributed by atoms with Crippen molar-refractivity contribution in [1.82, 2.24) is 15.3 Å². The third-order valence-electron chi connectivity index (χ3n) is 3.40. The van der Waals surface area contributed by atoms with E-state index >= 15 is 0 Å². The maximum absolute atomic E-state index is 4.29. The van der Waals surface area contributed by atoms with Crippen LogP contribution in [-0.4, -0.2) is 27.5 Å². The van der Waals surface area contributed by atoms with Crippen molar-refractivity contribution in [2.45, 2.75) is 44.9 Å². The summed E-state index contributed by atoms with van der Waals surface area (Å²) in [5.74, 6) is 0. The molecule has 1 aromatic heterocycles. The summed E-state index contributed by atoms with van der Waals surface area (Å²) in [7, 11) is 0. The van der Waals surface area contributed by atoms with Crippen molar-refractivity contribution in [1.29, 1.82) is 0 Å². The Morgan fingerprint density at radius 3 is 2.56 bits per heavy atom. The standard InChI is InChI=1S/C12H23N3S/c1-5-12(6-2,16-4)8-13-7-11-10(3)14-9-15-11/h9,13H,5-8H2,1-4H3,(H,14,15). The summed E-state index contributed by atoms with van der Waals surface area (Å²) in [5.41, 5.74) is 2.29. The molecule has 1 aromatic rings. The van der Waals surface area contributed by atoms with E-state index in [2.05, 4.69) is 42.3 Å². The highest BCUT2D eigenvalue weighted by atomic mass is 32.2. The Morgan fingerprint density at radius 2 is 2.12 bits per heavy atom. The summed E-state index contributed by atoms with van der Waals surface area (Å²) in [5, 5.41) is 3.52.